The predicted octanol–water partition coefficient (Wildman–Crippen LogP) is 0.993. The molecule has 1 amide bonds. The lowest BCUT2D eigenvalue weighted by molar-refractivity contribution is -0.139. The molecule has 120 valence electrons. The van der Waals surface area contributed by atoms with Crippen molar-refractivity contribution in [1.82, 2.24) is 9.80 Å². The van der Waals surface area contributed by atoms with Gasteiger partial charge in [0.1, 0.15) is 5.75 Å². The fourth-order valence-corrected chi connectivity index (χ4v) is 2.40. The molecule has 1 aliphatic heterocycles. The minimum Gasteiger partial charge on any atom is -0.493 e. The summed E-state index contributed by atoms with van der Waals surface area (Å²) in [5, 5.41) is 8.74. The summed E-state index contributed by atoms with van der Waals surface area (Å²) in [5.41, 5.74) is 1.17. The number of nitrogens with zero attached hydrogens (tertiary/aromatic N) is 2. The lowest BCUT2D eigenvalue weighted by atomic mass is 10.2. The van der Waals surface area contributed by atoms with E-state index in [1.165, 1.54) is 5.56 Å². The number of benzene rings is 1. The van der Waals surface area contributed by atoms with Gasteiger partial charge in [-0.15, -0.1) is 0 Å². The van der Waals surface area contributed by atoms with Crippen molar-refractivity contribution in [3.05, 3.63) is 29.8 Å². The maximum absolute atomic E-state index is 12.1. The normalized spacial score (nSPS) is 15.6. The molecule has 6 nitrogen and oxygen atoms in total. The van der Waals surface area contributed by atoms with Gasteiger partial charge in [-0.05, 0) is 19.1 Å². The number of rotatable bonds is 6. The third-order valence-electron chi connectivity index (χ3n) is 3.69. The van der Waals surface area contributed by atoms with E-state index in [1.54, 1.807) is 4.90 Å². The van der Waals surface area contributed by atoms with Gasteiger partial charge >= 0.3 is 5.97 Å². The number of ether oxygens (including phenoxy) is 1. The number of carbonyl (C=O) groups is 2. The summed E-state index contributed by atoms with van der Waals surface area (Å²) in [7, 11) is 0. The third-order valence-corrected chi connectivity index (χ3v) is 3.69. The molecule has 0 radical (unpaired) electrons. The molecule has 1 saturated heterocycles. The summed E-state index contributed by atoms with van der Waals surface area (Å²) >= 11 is 0. The number of carboxylic acid groups (broad SMARTS) is 1. The highest BCUT2D eigenvalue weighted by Crippen LogP contribution is 2.12. The molecule has 0 aromatic heterocycles. The van der Waals surface area contributed by atoms with Crippen molar-refractivity contribution in [2.75, 3.05) is 39.3 Å². The van der Waals surface area contributed by atoms with E-state index in [1.807, 2.05) is 36.1 Å². The van der Waals surface area contributed by atoms with Gasteiger partial charge < -0.3 is 14.7 Å². The van der Waals surface area contributed by atoms with Gasteiger partial charge in [0.15, 0.2) is 0 Å². The largest absolute Gasteiger partial charge is 0.493 e. The predicted molar refractivity (Wildman–Crippen MR) is 81.9 cm³/mol. The lowest BCUT2D eigenvalue weighted by Crippen LogP contribution is -2.50. The Morgan fingerprint density at radius 3 is 2.36 bits per heavy atom. The minimum atomic E-state index is -0.828. The van der Waals surface area contributed by atoms with E-state index in [-0.39, 0.29) is 12.5 Å². The smallest absolute Gasteiger partial charge is 0.317 e. The fraction of sp³-hybridized carbons (Fsp3) is 0.500. The van der Waals surface area contributed by atoms with Crippen LogP contribution in [0.4, 0.5) is 0 Å². The van der Waals surface area contributed by atoms with Gasteiger partial charge in [-0.2, -0.15) is 0 Å². The number of hydrogen-bond acceptors (Lipinski definition) is 4. The van der Waals surface area contributed by atoms with Crippen molar-refractivity contribution in [1.29, 1.82) is 0 Å². The Labute approximate surface area is 130 Å². The van der Waals surface area contributed by atoms with Crippen LogP contribution in [-0.2, 0) is 9.59 Å². The Kier molecular flexibility index (Phi) is 5.77. The minimum absolute atomic E-state index is 0.0402. The number of amides is 1. The Morgan fingerprint density at radius 2 is 1.77 bits per heavy atom. The zero-order chi connectivity index (χ0) is 15.9. The van der Waals surface area contributed by atoms with E-state index < -0.39 is 5.97 Å². The first-order chi connectivity index (χ1) is 10.5. The first-order valence-corrected chi connectivity index (χ1v) is 7.46. The Balaban J connectivity index is 1.68. The molecule has 0 aliphatic carbocycles. The summed E-state index contributed by atoms with van der Waals surface area (Å²) < 4.78 is 5.56. The van der Waals surface area contributed by atoms with Gasteiger partial charge in [0.05, 0.1) is 19.6 Å². The van der Waals surface area contributed by atoms with Gasteiger partial charge in [-0.3, -0.25) is 14.5 Å². The number of piperazine rings is 1. The van der Waals surface area contributed by atoms with E-state index in [0.717, 1.165) is 5.75 Å². The van der Waals surface area contributed by atoms with Crippen LogP contribution in [0.15, 0.2) is 24.3 Å². The van der Waals surface area contributed by atoms with Crippen molar-refractivity contribution in [3.63, 3.8) is 0 Å². The highest BCUT2D eigenvalue weighted by atomic mass is 16.5. The third kappa shape index (κ3) is 5.04. The molecule has 22 heavy (non-hydrogen) atoms. The van der Waals surface area contributed by atoms with Crippen LogP contribution in [0.5, 0.6) is 5.75 Å². The summed E-state index contributed by atoms with van der Waals surface area (Å²) in [4.78, 5) is 26.3. The van der Waals surface area contributed by atoms with Gasteiger partial charge in [0.25, 0.3) is 0 Å². The zero-order valence-electron chi connectivity index (χ0n) is 12.8. The number of aryl methyl sites for hydroxylation is 1. The van der Waals surface area contributed by atoms with Gasteiger partial charge in [-0.1, -0.05) is 17.7 Å². The summed E-state index contributed by atoms with van der Waals surface area (Å²) in [5.74, 6) is -0.00182. The van der Waals surface area contributed by atoms with E-state index >= 15 is 0 Å². The average Bonchev–Trinajstić information content (AvgIpc) is 2.49. The zero-order valence-corrected chi connectivity index (χ0v) is 12.8. The quantitative estimate of drug-likeness (QED) is 0.849. The monoisotopic (exact) mass is 306 g/mol. The Hall–Kier alpha value is -2.08. The van der Waals surface area contributed by atoms with E-state index in [9.17, 15) is 9.59 Å². The number of aliphatic carboxylic acids is 1. The SMILES string of the molecule is Cc1ccc(OCCC(=O)N2CCN(CC(=O)O)CC2)cc1. The molecule has 6 heteroatoms. The maximum Gasteiger partial charge on any atom is 0.317 e. The number of carbonyl (C=O) groups excluding carboxylic acids is 1. The molecule has 2 rings (SSSR count). The molecule has 1 aliphatic rings. The van der Waals surface area contributed by atoms with Crippen LogP contribution in [0, 0.1) is 6.92 Å². The average molecular weight is 306 g/mol. The van der Waals surface area contributed by atoms with Crippen molar-refractivity contribution in [2.24, 2.45) is 0 Å². The maximum atomic E-state index is 12.1. The second-order valence-electron chi connectivity index (χ2n) is 5.46. The molecule has 0 bridgehead atoms. The molecule has 1 N–H and O–H groups in total. The lowest BCUT2D eigenvalue weighted by Gasteiger charge is -2.33. The van der Waals surface area contributed by atoms with Crippen LogP contribution in [0.2, 0.25) is 0 Å². The van der Waals surface area contributed by atoms with Crippen LogP contribution in [0.25, 0.3) is 0 Å². The second-order valence-corrected chi connectivity index (χ2v) is 5.46. The number of carboxylic acids is 1. The number of hydrogen-bond donors (Lipinski definition) is 1. The van der Waals surface area contributed by atoms with Crippen LogP contribution in [0.3, 0.4) is 0 Å². The molecule has 0 spiro atoms. The summed E-state index contributed by atoms with van der Waals surface area (Å²) in [6.07, 6.45) is 0.340. The van der Waals surface area contributed by atoms with Crippen LogP contribution in [-0.4, -0.2) is 66.1 Å². The second kappa shape index (κ2) is 7.79. The van der Waals surface area contributed by atoms with E-state index in [4.69, 9.17) is 9.84 Å². The van der Waals surface area contributed by atoms with Crippen molar-refractivity contribution >= 4 is 11.9 Å². The molecule has 0 saturated carbocycles. The standard InChI is InChI=1S/C16H22N2O4/c1-13-2-4-14(5-3-13)22-11-6-15(19)18-9-7-17(8-10-18)12-16(20)21/h2-5H,6-12H2,1H3,(H,20,21). The highest BCUT2D eigenvalue weighted by molar-refractivity contribution is 5.76. The molecule has 1 aromatic carbocycles. The van der Waals surface area contributed by atoms with Gasteiger partial charge in [-0.25, -0.2) is 0 Å². The molecule has 0 unspecified atom stereocenters. The summed E-state index contributed by atoms with van der Waals surface area (Å²) in [6.45, 7) is 4.79. The first-order valence-electron chi connectivity index (χ1n) is 7.46. The van der Waals surface area contributed by atoms with Crippen LogP contribution in [0.1, 0.15) is 12.0 Å². The molecular formula is C16H22N2O4. The van der Waals surface area contributed by atoms with E-state index in [0.29, 0.717) is 39.2 Å². The Morgan fingerprint density at radius 1 is 1.14 bits per heavy atom. The van der Waals surface area contributed by atoms with Crippen molar-refractivity contribution < 1.29 is 19.4 Å². The topological polar surface area (TPSA) is 70.1 Å². The molecule has 1 aromatic rings. The molecule has 0 atom stereocenters. The first kappa shape index (κ1) is 16.3. The Bertz CT molecular complexity index is 507. The molecule has 1 heterocycles. The molecule has 1 fully saturated rings. The van der Waals surface area contributed by atoms with Crippen LogP contribution < -0.4 is 4.74 Å². The van der Waals surface area contributed by atoms with Crippen molar-refractivity contribution in [2.45, 2.75) is 13.3 Å². The fourth-order valence-electron chi connectivity index (χ4n) is 2.40. The van der Waals surface area contributed by atoms with Crippen LogP contribution >= 0.6 is 0 Å². The van der Waals surface area contributed by atoms with Gasteiger partial charge in [0, 0.05) is 26.2 Å². The summed E-state index contributed by atoms with van der Waals surface area (Å²) in [6, 6.07) is 7.73. The van der Waals surface area contributed by atoms with Gasteiger partial charge in [0.2, 0.25) is 5.91 Å². The highest BCUT2D eigenvalue weighted by Gasteiger charge is 2.21. The van der Waals surface area contributed by atoms with Crippen molar-refractivity contribution in [3.8, 4) is 5.75 Å². The van der Waals surface area contributed by atoms with E-state index in [2.05, 4.69) is 0 Å². The molecular weight excluding hydrogens is 284 g/mol.